The fourth-order valence-corrected chi connectivity index (χ4v) is 2.61. The van der Waals surface area contributed by atoms with Crippen LogP contribution in [0.2, 0.25) is 0 Å². The highest BCUT2D eigenvalue weighted by atomic mass is 35.5. The average Bonchev–Trinajstić information content (AvgIpc) is 2.61. The van der Waals surface area contributed by atoms with E-state index < -0.39 is 11.3 Å². The maximum absolute atomic E-state index is 12.8. The van der Waals surface area contributed by atoms with Gasteiger partial charge in [0.15, 0.2) is 0 Å². The molecule has 1 unspecified atom stereocenters. The zero-order valence-electron chi connectivity index (χ0n) is 14.0. The Morgan fingerprint density at radius 3 is 2.28 bits per heavy atom. The monoisotopic (exact) mass is 364 g/mol. The fourth-order valence-electron chi connectivity index (χ4n) is 2.45. The summed E-state index contributed by atoms with van der Waals surface area (Å²) in [6.45, 7) is 0.406. The largest absolute Gasteiger partial charge is 0.489 e. The molecular formula is C20H22ClFO3. The van der Waals surface area contributed by atoms with E-state index in [1.54, 1.807) is 12.1 Å². The molecule has 0 spiro atoms. The van der Waals surface area contributed by atoms with Crippen LogP contribution in [0.25, 0.3) is 0 Å². The van der Waals surface area contributed by atoms with Gasteiger partial charge in [-0.2, -0.15) is 0 Å². The van der Waals surface area contributed by atoms with Gasteiger partial charge in [0.25, 0.3) is 0 Å². The fraction of sp³-hybridized carbons (Fsp3) is 0.350. The summed E-state index contributed by atoms with van der Waals surface area (Å²) in [7, 11) is 0. The van der Waals surface area contributed by atoms with Crippen molar-refractivity contribution in [2.75, 3.05) is 0 Å². The summed E-state index contributed by atoms with van der Waals surface area (Å²) in [6, 6.07) is 14.2. The van der Waals surface area contributed by atoms with E-state index in [-0.39, 0.29) is 5.82 Å². The number of unbranched alkanes of at least 4 members (excludes halogenated alkanes) is 2. The van der Waals surface area contributed by atoms with Gasteiger partial charge in [0, 0.05) is 0 Å². The first-order chi connectivity index (χ1) is 12.0. The van der Waals surface area contributed by atoms with Crippen molar-refractivity contribution in [2.24, 2.45) is 0 Å². The third kappa shape index (κ3) is 7.14. The third-order valence-electron chi connectivity index (χ3n) is 3.93. The molecule has 134 valence electrons. The number of aryl methyl sites for hydroxylation is 1. The van der Waals surface area contributed by atoms with Gasteiger partial charge in [0.2, 0.25) is 0 Å². The van der Waals surface area contributed by atoms with Crippen molar-refractivity contribution in [1.82, 2.24) is 0 Å². The Morgan fingerprint density at radius 2 is 1.64 bits per heavy atom. The van der Waals surface area contributed by atoms with Gasteiger partial charge in [-0.05, 0) is 54.7 Å². The average molecular weight is 365 g/mol. The molecule has 2 aromatic rings. The minimum Gasteiger partial charge on any atom is -0.489 e. The molecule has 0 fully saturated rings. The van der Waals surface area contributed by atoms with E-state index in [0.717, 1.165) is 37.0 Å². The number of benzene rings is 2. The van der Waals surface area contributed by atoms with E-state index in [1.807, 2.05) is 24.3 Å². The molecule has 0 bridgehead atoms. The summed E-state index contributed by atoms with van der Waals surface area (Å²) in [5, 5.41) is 7.93. The van der Waals surface area contributed by atoms with E-state index in [0.29, 0.717) is 13.0 Å². The first-order valence-electron chi connectivity index (χ1n) is 8.37. The van der Waals surface area contributed by atoms with Crippen LogP contribution in [-0.4, -0.2) is 16.5 Å². The highest BCUT2D eigenvalue weighted by Crippen LogP contribution is 2.17. The second kappa shape index (κ2) is 10.0. The van der Waals surface area contributed by atoms with Gasteiger partial charge in [0.05, 0.1) is 0 Å². The highest BCUT2D eigenvalue weighted by molar-refractivity contribution is 6.29. The number of aliphatic carboxylic acids is 1. The van der Waals surface area contributed by atoms with Crippen LogP contribution < -0.4 is 4.74 Å². The van der Waals surface area contributed by atoms with Gasteiger partial charge in [-0.15, -0.1) is 11.6 Å². The van der Waals surface area contributed by atoms with Crippen molar-refractivity contribution in [3.05, 3.63) is 65.5 Å². The molecule has 0 aliphatic heterocycles. The van der Waals surface area contributed by atoms with Gasteiger partial charge in [-0.3, -0.25) is 4.79 Å². The van der Waals surface area contributed by atoms with Crippen molar-refractivity contribution >= 4 is 17.6 Å². The molecule has 0 radical (unpaired) electrons. The summed E-state index contributed by atoms with van der Waals surface area (Å²) >= 11 is 5.68. The highest BCUT2D eigenvalue weighted by Gasteiger charge is 2.12. The van der Waals surface area contributed by atoms with Crippen molar-refractivity contribution in [3.63, 3.8) is 0 Å². The lowest BCUT2D eigenvalue weighted by molar-refractivity contribution is -0.136. The number of carboxylic acids is 1. The Kier molecular flexibility index (Phi) is 7.74. The van der Waals surface area contributed by atoms with Crippen LogP contribution in [-0.2, 0) is 17.8 Å². The first-order valence-corrected chi connectivity index (χ1v) is 8.81. The number of alkyl halides is 1. The number of hydrogen-bond acceptors (Lipinski definition) is 2. The second-order valence-corrected chi connectivity index (χ2v) is 6.49. The third-order valence-corrected chi connectivity index (χ3v) is 4.34. The van der Waals surface area contributed by atoms with E-state index in [9.17, 15) is 9.18 Å². The van der Waals surface area contributed by atoms with Gasteiger partial charge < -0.3 is 9.84 Å². The van der Waals surface area contributed by atoms with Crippen LogP contribution in [0.4, 0.5) is 4.39 Å². The van der Waals surface area contributed by atoms with Crippen molar-refractivity contribution in [2.45, 2.75) is 44.1 Å². The van der Waals surface area contributed by atoms with Crippen molar-refractivity contribution in [3.8, 4) is 5.75 Å². The standard InChI is InChI=1S/C20H22ClFO3/c21-19(20(23)24)5-3-1-2-4-15-8-12-18(13-9-15)25-14-16-6-10-17(22)11-7-16/h6-13,19H,1-5,14H2,(H,23,24). The number of carboxylic acid groups (broad SMARTS) is 1. The van der Waals surface area contributed by atoms with Crippen LogP contribution in [0, 0.1) is 5.82 Å². The van der Waals surface area contributed by atoms with Crippen LogP contribution >= 0.6 is 11.6 Å². The lowest BCUT2D eigenvalue weighted by Crippen LogP contribution is -2.12. The molecule has 0 saturated carbocycles. The Balaban J connectivity index is 1.67. The molecule has 0 amide bonds. The normalized spacial score (nSPS) is 11.9. The molecule has 2 aromatic carbocycles. The number of halogens is 2. The SMILES string of the molecule is O=C(O)C(Cl)CCCCCc1ccc(OCc2ccc(F)cc2)cc1. The van der Waals surface area contributed by atoms with E-state index in [4.69, 9.17) is 21.4 Å². The number of ether oxygens (including phenoxy) is 1. The number of hydrogen-bond donors (Lipinski definition) is 1. The molecule has 0 aliphatic carbocycles. The molecule has 0 aromatic heterocycles. The van der Waals surface area contributed by atoms with E-state index >= 15 is 0 Å². The lowest BCUT2D eigenvalue weighted by atomic mass is 10.1. The van der Waals surface area contributed by atoms with Gasteiger partial charge in [-0.1, -0.05) is 37.1 Å². The molecule has 0 aliphatic rings. The molecule has 2 rings (SSSR count). The van der Waals surface area contributed by atoms with Crippen LogP contribution in [0.15, 0.2) is 48.5 Å². The molecule has 0 saturated heterocycles. The maximum Gasteiger partial charge on any atom is 0.321 e. The number of rotatable bonds is 10. The van der Waals surface area contributed by atoms with E-state index in [2.05, 4.69) is 0 Å². The molecule has 1 N–H and O–H groups in total. The summed E-state index contributed by atoms with van der Waals surface area (Å²) in [6.07, 6.45) is 4.23. The van der Waals surface area contributed by atoms with Crippen LogP contribution in [0.1, 0.15) is 36.8 Å². The Morgan fingerprint density at radius 1 is 1.00 bits per heavy atom. The Bertz CT molecular complexity index is 656. The van der Waals surface area contributed by atoms with Gasteiger partial charge in [0.1, 0.15) is 23.6 Å². The van der Waals surface area contributed by atoms with Crippen LogP contribution in [0.5, 0.6) is 5.75 Å². The zero-order valence-corrected chi connectivity index (χ0v) is 14.7. The Hall–Kier alpha value is -2.07. The predicted molar refractivity (Wildman–Crippen MR) is 96.6 cm³/mol. The van der Waals surface area contributed by atoms with E-state index in [1.165, 1.54) is 17.7 Å². The summed E-state index contributed by atoms with van der Waals surface area (Å²) in [5.41, 5.74) is 2.14. The van der Waals surface area contributed by atoms with Crippen LogP contribution in [0.3, 0.4) is 0 Å². The van der Waals surface area contributed by atoms with Gasteiger partial charge >= 0.3 is 5.97 Å². The molecule has 1 atom stereocenters. The lowest BCUT2D eigenvalue weighted by Gasteiger charge is -2.08. The number of carbonyl (C=O) groups is 1. The molecule has 3 nitrogen and oxygen atoms in total. The molecule has 0 heterocycles. The minimum absolute atomic E-state index is 0.252. The zero-order chi connectivity index (χ0) is 18.1. The van der Waals surface area contributed by atoms with Crippen molar-refractivity contribution in [1.29, 1.82) is 0 Å². The summed E-state index contributed by atoms with van der Waals surface area (Å²) in [4.78, 5) is 10.6. The quantitative estimate of drug-likeness (QED) is 0.465. The predicted octanol–water partition coefficient (Wildman–Crippen LogP) is 5.20. The van der Waals surface area contributed by atoms with Crippen molar-refractivity contribution < 1.29 is 19.0 Å². The smallest absolute Gasteiger partial charge is 0.321 e. The summed E-state index contributed by atoms with van der Waals surface area (Å²) in [5.74, 6) is -0.421. The Labute approximate surface area is 152 Å². The minimum atomic E-state index is -0.946. The molecule has 25 heavy (non-hydrogen) atoms. The topological polar surface area (TPSA) is 46.5 Å². The summed E-state index contributed by atoms with van der Waals surface area (Å²) < 4.78 is 18.5. The molecular weight excluding hydrogens is 343 g/mol. The maximum atomic E-state index is 12.8. The molecule has 5 heteroatoms. The first kappa shape index (κ1) is 19.3. The second-order valence-electron chi connectivity index (χ2n) is 5.96. The van der Waals surface area contributed by atoms with Gasteiger partial charge in [-0.25, -0.2) is 4.39 Å².